The molecule has 3 N–H and O–H groups in total. The van der Waals surface area contributed by atoms with Crippen molar-refractivity contribution in [2.45, 2.75) is 13.8 Å². The SMILES string of the molecule is Cc1cc(C)c(F)c(N(c2ccc(C(N)=O)cc2)c2ncnc3cn[nH]c23)c1. The molecule has 0 atom stereocenters. The molecule has 0 fully saturated rings. The van der Waals surface area contributed by atoms with Crippen molar-refractivity contribution in [1.29, 1.82) is 0 Å². The van der Waals surface area contributed by atoms with Gasteiger partial charge in [-0.1, -0.05) is 6.07 Å². The Morgan fingerprint density at radius 3 is 2.61 bits per heavy atom. The van der Waals surface area contributed by atoms with Crippen molar-refractivity contribution in [3.8, 4) is 0 Å². The lowest BCUT2D eigenvalue weighted by Gasteiger charge is -2.26. The van der Waals surface area contributed by atoms with Crippen molar-refractivity contribution in [3.05, 3.63) is 71.4 Å². The predicted molar refractivity (Wildman–Crippen MR) is 104 cm³/mol. The number of amides is 1. The molecule has 1 amide bonds. The largest absolute Gasteiger partial charge is 0.366 e. The van der Waals surface area contributed by atoms with E-state index in [2.05, 4.69) is 20.2 Å². The van der Waals surface area contributed by atoms with E-state index in [0.29, 0.717) is 39.4 Å². The molecule has 0 bridgehead atoms. The standard InChI is InChI=1S/C20H17FN6O/c1-11-7-12(2)17(21)16(8-11)27(14-5-3-13(4-6-14)19(22)28)20-18-15(9-25-26-18)23-10-24-20/h3-10H,1-2H3,(H2,22,28)(H,25,26). The Labute approximate surface area is 160 Å². The first kappa shape index (κ1) is 17.6. The van der Waals surface area contributed by atoms with Crippen LogP contribution in [0.25, 0.3) is 11.0 Å². The highest BCUT2D eigenvalue weighted by Crippen LogP contribution is 2.38. The topological polar surface area (TPSA) is 101 Å². The highest BCUT2D eigenvalue weighted by atomic mass is 19.1. The lowest BCUT2D eigenvalue weighted by molar-refractivity contribution is 0.100. The highest BCUT2D eigenvalue weighted by Gasteiger charge is 2.22. The van der Waals surface area contributed by atoms with E-state index in [1.165, 1.54) is 6.33 Å². The summed E-state index contributed by atoms with van der Waals surface area (Å²) in [5.74, 6) is -0.456. The maximum atomic E-state index is 15.2. The van der Waals surface area contributed by atoms with Crippen LogP contribution in [0, 0.1) is 19.7 Å². The van der Waals surface area contributed by atoms with Crippen LogP contribution in [0.5, 0.6) is 0 Å². The average molecular weight is 376 g/mol. The Bertz CT molecular complexity index is 1190. The number of H-pyrrole nitrogens is 1. The third-order valence-corrected chi connectivity index (χ3v) is 4.46. The minimum atomic E-state index is -0.534. The number of hydrogen-bond acceptors (Lipinski definition) is 5. The van der Waals surface area contributed by atoms with Crippen LogP contribution in [0.15, 0.2) is 48.9 Å². The van der Waals surface area contributed by atoms with E-state index in [9.17, 15) is 4.79 Å². The van der Waals surface area contributed by atoms with Crippen molar-refractivity contribution in [3.63, 3.8) is 0 Å². The Morgan fingerprint density at radius 1 is 1.14 bits per heavy atom. The smallest absolute Gasteiger partial charge is 0.248 e. The summed E-state index contributed by atoms with van der Waals surface area (Å²) in [7, 11) is 0. The van der Waals surface area contributed by atoms with Gasteiger partial charge < -0.3 is 5.73 Å². The zero-order valence-corrected chi connectivity index (χ0v) is 15.3. The number of hydrogen-bond donors (Lipinski definition) is 2. The van der Waals surface area contributed by atoms with Crippen LogP contribution >= 0.6 is 0 Å². The van der Waals surface area contributed by atoms with E-state index in [1.807, 2.05) is 6.92 Å². The fourth-order valence-electron chi connectivity index (χ4n) is 3.16. The van der Waals surface area contributed by atoms with Gasteiger partial charge in [0.1, 0.15) is 23.2 Å². The Balaban J connectivity index is 1.99. The summed E-state index contributed by atoms with van der Waals surface area (Å²) in [6.07, 6.45) is 2.98. The number of nitrogens with one attached hydrogen (secondary N) is 1. The normalized spacial score (nSPS) is 11.0. The number of primary amides is 1. The predicted octanol–water partition coefficient (Wildman–Crippen LogP) is 3.68. The van der Waals surface area contributed by atoms with Gasteiger partial charge in [0.2, 0.25) is 5.91 Å². The van der Waals surface area contributed by atoms with Gasteiger partial charge in [0.15, 0.2) is 5.82 Å². The van der Waals surface area contributed by atoms with Gasteiger partial charge in [0.25, 0.3) is 0 Å². The third-order valence-electron chi connectivity index (χ3n) is 4.46. The second-order valence-electron chi connectivity index (χ2n) is 6.49. The van der Waals surface area contributed by atoms with Crippen molar-refractivity contribution >= 4 is 34.1 Å². The molecule has 0 radical (unpaired) electrons. The van der Waals surface area contributed by atoms with Crippen LogP contribution < -0.4 is 10.6 Å². The number of aryl methyl sites for hydroxylation is 2. The summed E-state index contributed by atoms with van der Waals surface area (Å²) in [6, 6.07) is 10.1. The lowest BCUT2D eigenvalue weighted by atomic mass is 10.1. The second-order valence-corrected chi connectivity index (χ2v) is 6.49. The van der Waals surface area contributed by atoms with E-state index in [4.69, 9.17) is 5.73 Å². The summed E-state index contributed by atoms with van der Waals surface area (Å²) in [5.41, 5.74) is 9.24. The molecule has 0 saturated carbocycles. The van der Waals surface area contributed by atoms with E-state index >= 15 is 4.39 Å². The Kier molecular flexibility index (Phi) is 4.23. The molecule has 0 spiro atoms. The molecule has 0 aliphatic carbocycles. The van der Waals surface area contributed by atoms with Crippen LogP contribution in [-0.2, 0) is 0 Å². The molecule has 2 heterocycles. The number of aromatic amines is 1. The van der Waals surface area contributed by atoms with Crippen LogP contribution in [0.2, 0.25) is 0 Å². The number of aromatic nitrogens is 4. The summed E-state index contributed by atoms with van der Waals surface area (Å²) in [4.78, 5) is 21.6. The maximum absolute atomic E-state index is 15.2. The molecule has 0 aliphatic rings. The quantitative estimate of drug-likeness (QED) is 0.566. The van der Waals surface area contributed by atoms with Gasteiger partial charge in [0.05, 0.1) is 11.9 Å². The molecule has 0 unspecified atom stereocenters. The minimum absolute atomic E-state index is 0.332. The summed E-state index contributed by atoms with van der Waals surface area (Å²) >= 11 is 0. The summed E-state index contributed by atoms with van der Waals surface area (Å²) < 4.78 is 15.2. The highest BCUT2D eigenvalue weighted by molar-refractivity contribution is 5.95. The van der Waals surface area contributed by atoms with Crippen LogP contribution in [0.4, 0.5) is 21.6 Å². The number of fused-ring (bicyclic) bond motifs is 1. The van der Waals surface area contributed by atoms with E-state index in [0.717, 1.165) is 5.56 Å². The molecule has 8 heteroatoms. The fraction of sp³-hybridized carbons (Fsp3) is 0.100. The first-order valence-electron chi connectivity index (χ1n) is 8.56. The number of nitrogens with two attached hydrogens (primary N) is 1. The molecular formula is C20H17FN6O. The van der Waals surface area contributed by atoms with E-state index < -0.39 is 5.91 Å². The number of benzene rings is 2. The Hall–Kier alpha value is -3.81. The lowest BCUT2D eigenvalue weighted by Crippen LogP contribution is -2.16. The van der Waals surface area contributed by atoms with Gasteiger partial charge in [0, 0.05) is 11.3 Å². The zero-order valence-electron chi connectivity index (χ0n) is 15.3. The van der Waals surface area contributed by atoms with E-state index in [-0.39, 0.29) is 5.82 Å². The Morgan fingerprint density at radius 2 is 1.89 bits per heavy atom. The molecule has 4 rings (SSSR count). The van der Waals surface area contributed by atoms with Gasteiger partial charge in [-0.3, -0.25) is 14.8 Å². The van der Waals surface area contributed by atoms with Gasteiger partial charge in [-0.05, 0) is 55.3 Å². The monoisotopic (exact) mass is 376 g/mol. The molecule has 4 aromatic rings. The minimum Gasteiger partial charge on any atom is -0.366 e. The molecule has 28 heavy (non-hydrogen) atoms. The van der Waals surface area contributed by atoms with Gasteiger partial charge in [-0.15, -0.1) is 0 Å². The molecular weight excluding hydrogens is 359 g/mol. The number of anilines is 3. The molecule has 0 saturated heterocycles. The van der Waals surface area contributed by atoms with Crippen LogP contribution in [-0.4, -0.2) is 26.1 Å². The zero-order chi connectivity index (χ0) is 19.8. The fourth-order valence-corrected chi connectivity index (χ4v) is 3.16. The third kappa shape index (κ3) is 2.94. The first-order chi connectivity index (χ1) is 13.5. The molecule has 140 valence electrons. The van der Waals surface area contributed by atoms with E-state index in [1.54, 1.807) is 54.4 Å². The summed E-state index contributed by atoms with van der Waals surface area (Å²) in [5, 5.41) is 6.89. The van der Waals surface area contributed by atoms with Gasteiger partial charge in [-0.2, -0.15) is 5.10 Å². The average Bonchev–Trinajstić information content (AvgIpc) is 3.16. The van der Waals surface area contributed by atoms with Crippen LogP contribution in [0.3, 0.4) is 0 Å². The molecule has 2 aromatic carbocycles. The number of carbonyl (C=O) groups is 1. The van der Waals surface area contributed by atoms with Gasteiger partial charge in [-0.25, -0.2) is 14.4 Å². The van der Waals surface area contributed by atoms with Gasteiger partial charge >= 0.3 is 0 Å². The van der Waals surface area contributed by atoms with Crippen molar-refractivity contribution in [1.82, 2.24) is 20.2 Å². The molecule has 0 aliphatic heterocycles. The molecule has 2 aromatic heterocycles. The number of carbonyl (C=O) groups excluding carboxylic acids is 1. The second kappa shape index (κ2) is 6.73. The van der Waals surface area contributed by atoms with Crippen LogP contribution in [0.1, 0.15) is 21.5 Å². The first-order valence-corrected chi connectivity index (χ1v) is 8.56. The van der Waals surface area contributed by atoms with Crippen molar-refractivity contribution in [2.24, 2.45) is 5.73 Å². The number of rotatable bonds is 4. The van der Waals surface area contributed by atoms with Crippen molar-refractivity contribution in [2.75, 3.05) is 4.90 Å². The number of nitrogens with zero attached hydrogens (tertiary/aromatic N) is 4. The number of halogens is 1. The van der Waals surface area contributed by atoms with Crippen molar-refractivity contribution < 1.29 is 9.18 Å². The molecule has 7 nitrogen and oxygen atoms in total. The summed E-state index contributed by atoms with van der Waals surface area (Å²) in [6.45, 7) is 3.61. The maximum Gasteiger partial charge on any atom is 0.248 e.